The van der Waals surface area contributed by atoms with E-state index in [9.17, 15) is 18.0 Å². The van der Waals surface area contributed by atoms with E-state index in [2.05, 4.69) is 0 Å². The molecule has 0 bridgehead atoms. The molecule has 2 N–H and O–H groups in total. The van der Waals surface area contributed by atoms with Crippen molar-refractivity contribution in [3.8, 4) is 0 Å². The number of aliphatic hydroxyl groups is 2. The Labute approximate surface area is 54.1 Å². The molecule has 0 amide bonds. The van der Waals surface area contributed by atoms with E-state index in [1.54, 1.807) is 0 Å². The number of aldehydes is 1. The van der Waals surface area contributed by atoms with Crippen LogP contribution in [0.1, 0.15) is 0 Å². The van der Waals surface area contributed by atoms with Crippen LogP contribution in [0.4, 0.5) is 13.2 Å². The first-order chi connectivity index (χ1) is 4.42. The smallest absolute Gasteiger partial charge is 0.294 e. The van der Waals surface area contributed by atoms with Gasteiger partial charge >= 0.3 is 0 Å². The maximum Gasteiger partial charge on any atom is 0.294 e. The van der Waals surface area contributed by atoms with Crippen LogP contribution in [0.2, 0.25) is 0 Å². The molecular weight excluding hydrogens is 153 g/mol. The zero-order chi connectivity index (χ0) is 8.36. The fourth-order valence-corrected chi connectivity index (χ4v) is 0.221. The highest BCUT2D eigenvalue weighted by Crippen LogP contribution is 2.17. The Hall–Kier alpha value is -0.620. The summed E-state index contributed by atoms with van der Waals surface area (Å²) in [5.74, 6) is -3.86. The van der Waals surface area contributed by atoms with Crippen LogP contribution >= 0.6 is 0 Å². The molecular formula is C4H5F3O3. The second kappa shape index (κ2) is 2.98. The third-order valence-corrected chi connectivity index (χ3v) is 0.847. The molecule has 0 heterocycles. The number of carbonyl (C=O) groups excluding carboxylic acids is 1. The van der Waals surface area contributed by atoms with Gasteiger partial charge < -0.3 is 10.2 Å². The maximum absolute atomic E-state index is 11.8. The zero-order valence-electron chi connectivity index (χ0n) is 4.67. The molecule has 0 aromatic carbocycles. The fraction of sp³-hybridized carbons (Fsp3) is 0.750. The number of halogens is 3. The summed E-state index contributed by atoms with van der Waals surface area (Å²) in [4.78, 5) is 9.43. The molecule has 0 aliphatic rings. The van der Waals surface area contributed by atoms with Crippen molar-refractivity contribution in [3.05, 3.63) is 0 Å². The third kappa shape index (κ3) is 1.68. The standard InChI is InChI=1S/C4H5F3O3/c5-2(1-8)4(9,10)3(6)7/h1-3,9-10H. The predicted molar refractivity (Wildman–Crippen MR) is 24.1 cm³/mol. The summed E-state index contributed by atoms with van der Waals surface area (Å²) in [6, 6.07) is 0. The molecule has 1 atom stereocenters. The van der Waals surface area contributed by atoms with Crippen LogP contribution in [0.5, 0.6) is 0 Å². The van der Waals surface area contributed by atoms with E-state index in [-0.39, 0.29) is 0 Å². The molecule has 60 valence electrons. The van der Waals surface area contributed by atoms with E-state index in [1.807, 2.05) is 0 Å². The van der Waals surface area contributed by atoms with Gasteiger partial charge in [-0.2, -0.15) is 0 Å². The van der Waals surface area contributed by atoms with Gasteiger partial charge in [0, 0.05) is 0 Å². The Morgan fingerprint density at radius 2 is 1.70 bits per heavy atom. The van der Waals surface area contributed by atoms with Crippen LogP contribution in [0.15, 0.2) is 0 Å². The maximum atomic E-state index is 11.8. The number of alkyl halides is 3. The Morgan fingerprint density at radius 3 is 1.80 bits per heavy atom. The largest absolute Gasteiger partial charge is 0.359 e. The highest BCUT2D eigenvalue weighted by atomic mass is 19.3. The lowest BCUT2D eigenvalue weighted by molar-refractivity contribution is -0.263. The van der Waals surface area contributed by atoms with Gasteiger partial charge in [-0.3, -0.25) is 4.79 Å². The molecule has 0 saturated carbocycles. The summed E-state index contributed by atoms with van der Waals surface area (Å²) >= 11 is 0. The highest BCUT2D eigenvalue weighted by molar-refractivity contribution is 5.57. The second-order valence-corrected chi connectivity index (χ2v) is 1.62. The molecule has 0 fully saturated rings. The zero-order valence-corrected chi connectivity index (χ0v) is 4.67. The molecule has 1 unspecified atom stereocenters. The number of hydrogen-bond donors (Lipinski definition) is 2. The Morgan fingerprint density at radius 1 is 1.30 bits per heavy atom. The number of rotatable bonds is 3. The average molecular weight is 158 g/mol. The molecule has 6 heteroatoms. The lowest BCUT2D eigenvalue weighted by Gasteiger charge is -2.20. The number of hydrogen-bond acceptors (Lipinski definition) is 3. The van der Waals surface area contributed by atoms with E-state index < -0.39 is 24.7 Å². The van der Waals surface area contributed by atoms with Crippen molar-refractivity contribution in [3.63, 3.8) is 0 Å². The summed E-state index contributed by atoms with van der Waals surface area (Å²) < 4.78 is 34.5. The Kier molecular flexibility index (Phi) is 2.79. The summed E-state index contributed by atoms with van der Waals surface area (Å²) in [6.45, 7) is 0. The minimum absolute atomic E-state index is 0.605. The van der Waals surface area contributed by atoms with E-state index in [4.69, 9.17) is 10.2 Å². The van der Waals surface area contributed by atoms with E-state index in [0.717, 1.165) is 0 Å². The van der Waals surface area contributed by atoms with Crippen molar-refractivity contribution in [1.82, 2.24) is 0 Å². The summed E-state index contributed by atoms with van der Waals surface area (Å²) in [7, 11) is 0. The first-order valence-electron chi connectivity index (χ1n) is 2.25. The average Bonchev–Trinajstić information content (AvgIpc) is 1.86. The van der Waals surface area contributed by atoms with Crippen molar-refractivity contribution in [2.75, 3.05) is 0 Å². The fourth-order valence-electron chi connectivity index (χ4n) is 0.221. The summed E-state index contributed by atoms with van der Waals surface area (Å²) in [5, 5.41) is 16.1. The van der Waals surface area contributed by atoms with Crippen molar-refractivity contribution < 1.29 is 28.2 Å². The Balaban J connectivity index is 4.22. The van der Waals surface area contributed by atoms with Crippen LogP contribution in [0.25, 0.3) is 0 Å². The van der Waals surface area contributed by atoms with Gasteiger partial charge in [-0.25, -0.2) is 13.2 Å². The van der Waals surface area contributed by atoms with E-state index in [0.29, 0.717) is 0 Å². The van der Waals surface area contributed by atoms with Crippen molar-refractivity contribution in [2.45, 2.75) is 18.4 Å². The molecule has 0 aromatic rings. The molecule has 0 saturated heterocycles. The van der Waals surface area contributed by atoms with Crippen molar-refractivity contribution in [2.24, 2.45) is 0 Å². The van der Waals surface area contributed by atoms with Crippen LogP contribution in [-0.2, 0) is 4.79 Å². The van der Waals surface area contributed by atoms with Gasteiger partial charge in [0.05, 0.1) is 0 Å². The molecule has 0 aromatic heterocycles. The van der Waals surface area contributed by atoms with Gasteiger partial charge in [0.25, 0.3) is 12.2 Å². The van der Waals surface area contributed by atoms with Crippen LogP contribution < -0.4 is 0 Å². The van der Waals surface area contributed by atoms with Crippen LogP contribution in [-0.4, -0.2) is 34.9 Å². The molecule has 0 spiro atoms. The van der Waals surface area contributed by atoms with Gasteiger partial charge in [-0.1, -0.05) is 0 Å². The van der Waals surface area contributed by atoms with E-state index >= 15 is 0 Å². The monoisotopic (exact) mass is 158 g/mol. The second-order valence-electron chi connectivity index (χ2n) is 1.62. The van der Waals surface area contributed by atoms with Gasteiger partial charge in [-0.15, -0.1) is 0 Å². The molecule has 0 aliphatic carbocycles. The minimum Gasteiger partial charge on any atom is -0.359 e. The first-order valence-corrected chi connectivity index (χ1v) is 2.25. The minimum atomic E-state index is -3.86. The van der Waals surface area contributed by atoms with Crippen molar-refractivity contribution in [1.29, 1.82) is 0 Å². The molecule has 0 rings (SSSR count). The van der Waals surface area contributed by atoms with Gasteiger partial charge in [0.2, 0.25) is 6.17 Å². The molecule has 0 radical (unpaired) electrons. The van der Waals surface area contributed by atoms with Gasteiger partial charge in [0.15, 0.2) is 6.29 Å². The van der Waals surface area contributed by atoms with Crippen LogP contribution in [0, 0.1) is 0 Å². The van der Waals surface area contributed by atoms with E-state index in [1.165, 1.54) is 0 Å². The lowest BCUT2D eigenvalue weighted by Crippen LogP contribution is -2.47. The summed E-state index contributed by atoms with van der Waals surface area (Å²) in [6.07, 6.45) is -7.29. The predicted octanol–water partition coefficient (Wildman–Crippen LogP) is -0.531. The molecule has 10 heavy (non-hydrogen) atoms. The quantitative estimate of drug-likeness (QED) is 0.428. The Bertz CT molecular complexity index is 125. The molecule has 0 aliphatic heterocycles. The van der Waals surface area contributed by atoms with Gasteiger partial charge in [-0.05, 0) is 0 Å². The van der Waals surface area contributed by atoms with Crippen LogP contribution in [0.3, 0.4) is 0 Å². The SMILES string of the molecule is O=CC(F)C(O)(O)C(F)F. The highest BCUT2D eigenvalue weighted by Gasteiger charge is 2.44. The number of carbonyl (C=O) groups is 1. The van der Waals surface area contributed by atoms with Gasteiger partial charge in [0.1, 0.15) is 0 Å². The van der Waals surface area contributed by atoms with Crippen molar-refractivity contribution >= 4 is 6.29 Å². The normalized spacial score (nSPS) is 15.4. The summed E-state index contributed by atoms with van der Waals surface area (Å²) in [5.41, 5.74) is 0. The lowest BCUT2D eigenvalue weighted by atomic mass is 10.2. The topological polar surface area (TPSA) is 57.5 Å². The molecule has 3 nitrogen and oxygen atoms in total. The first kappa shape index (κ1) is 9.38. The third-order valence-electron chi connectivity index (χ3n) is 0.847.